The molecule has 0 aliphatic carbocycles. The molecular weight excluding hydrogens is 306 g/mol. The van der Waals surface area contributed by atoms with E-state index in [0.29, 0.717) is 6.61 Å². The summed E-state index contributed by atoms with van der Waals surface area (Å²) < 4.78 is 6.02. The number of hydrogen-bond acceptors (Lipinski definition) is 2. The highest BCUT2D eigenvalue weighted by Crippen LogP contribution is 2.36. The number of fused-ring (bicyclic) bond motifs is 2. The van der Waals surface area contributed by atoms with Crippen LogP contribution in [-0.4, -0.2) is 24.5 Å². The molecule has 3 heteroatoms. The summed E-state index contributed by atoms with van der Waals surface area (Å²) in [6.07, 6.45) is 5.05. The highest BCUT2D eigenvalue weighted by atomic mass is 35.5. The van der Waals surface area contributed by atoms with Crippen LogP contribution < -0.4 is 4.74 Å². The topological polar surface area (TPSA) is 12.5 Å². The van der Waals surface area contributed by atoms with E-state index in [2.05, 4.69) is 53.4 Å². The minimum atomic E-state index is 0. The predicted molar refractivity (Wildman–Crippen MR) is 97.2 cm³/mol. The average Bonchev–Trinajstić information content (AvgIpc) is 3.03. The van der Waals surface area contributed by atoms with Gasteiger partial charge in [0.05, 0.1) is 0 Å². The molecule has 2 heterocycles. The number of hydrogen-bond donors (Lipinski definition) is 0. The zero-order chi connectivity index (χ0) is 14.8. The molecular formula is C20H22ClNO. The van der Waals surface area contributed by atoms with E-state index in [9.17, 15) is 0 Å². The maximum atomic E-state index is 6.02. The van der Waals surface area contributed by atoms with E-state index >= 15 is 0 Å². The highest BCUT2D eigenvalue weighted by molar-refractivity contribution is 5.85. The largest absolute Gasteiger partial charge is 0.488 e. The zero-order valence-electron chi connectivity index (χ0n) is 13.2. The monoisotopic (exact) mass is 327 g/mol. The third-order valence-corrected chi connectivity index (χ3v) is 4.62. The number of nitrogens with zero attached hydrogens (tertiary/aromatic N) is 1. The van der Waals surface area contributed by atoms with Crippen molar-refractivity contribution in [3.63, 3.8) is 0 Å². The van der Waals surface area contributed by atoms with Crippen LogP contribution in [0.25, 0.3) is 5.57 Å². The van der Waals surface area contributed by atoms with Gasteiger partial charge in [0.15, 0.2) is 0 Å². The summed E-state index contributed by atoms with van der Waals surface area (Å²) in [6, 6.07) is 17.0. The molecule has 1 saturated heterocycles. The quantitative estimate of drug-likeness (QED) is 0.803. The molecule has 0 unspecified atom stereocenters. The third-order valence-electron chi connectivity index (χ3n) is 4.62. The fourth-order valence-electron chi connectivity index (χ4n) is 3.43. The van der Waals surface area contributed by atoms with E-state index in [0.717, 1.165) is 12.3 Å². The van der Waals surface area contributed by atoms with Crippen LogP contribution in [0.3, 0.4) is 0 Å². The summed E-state index contributed by atoms with van der Waals surface area (Å²) in [5.41, 5.74) is 5.11. The fraction of sp³-hybridized carbons (Fsp3) is 0.300. The molecule has 120 valence electrons. The number of rotatable bonds is 2. The Morgan fingerprint density at radius 1 is 0.913 bits per heavy atom. The first kappa shape index (κ1) is 16.1. The second kappa shape index (κ2) is 7.20. The van der Waals surface area contributed by atoms with Crippen molar-refractivity contribution < 1.29 is 4.74 Å². The molecule has 0 atom stereocenters. The summed E-state index contributed by atoms with van der Waals surface area (Å²) >= 11 is 0. The van der Waals surface area contributed by atoms with Crippen LogP contribution in [0.5, 0.6) is 5.75 Å². The maximum absolute atomic E-state index is 6.02. The Labute approximate surface area is 144 Å². The SMILES string of the molecule is C(CN1CCCC1)=C1c2ccccc2COc2ccccc21.Cl. The van der Waals surface area contributed by atoms with Crippen LogP contribution >= 0.6 is 12.4 Å². The lowest BCUT2D eigenvalue weighted by atomic mass is 9.94. The Hall–Kier alpha value is -1.77. The second-order valence-corrected chi connectivity index (χ2v) is 6.07. The minimum Gasteiger partial charge on any atom is -0.488 e. The van der Waals surface area contributed by atoms with Crippen LogP contribution in [0.15, 0.2) is 54.6 Å². The van der Waals surface area contributed by atoms with Gasteiger partial charge in [-0.25, -0.2) is 0 Å². The first-order chi connectivity index (χ1) is 10.9. The third kappa shape index (κ3) is 3.29. The molecule has 0 amide bonds. The molecule has 23 heavy (non-hydrogen) atoms. The summed E-state index contributed by atoms with van der Waals surface area (Å²) in [7, 11) is 0. The van der Waals surface area contributed by atoms with E-state index < -0.39 is 0 Å². The summed E-state index contributed by atoms with van der Waals surface area (Å²) in [4.78, 5) is 2.53. The molecule has 1 fully saturated rings. The van der Waals surface area contributed by atoms with Crippen LogP contribution in [0.4, 0.5) is 0 Å². The van der Waals surface area contributed by atoms with Crippen molar-refractivity contribution in [2.24, 2.45) is 0 Å². The molecule has 0 bridgehead atoms. The fourth-order valence-corrected chi connectivity index (χ4v) is 3.43. The first-order valence-electron chi connectivity index (χ1n) is 8.15. The Kier molecular flexibility index (Phi) is 5.04. The van der Waals surface area contributed by atoms with E-state index in [1.54, 1.807) is 0 Å². The molecule has 2 aromatic rings. The molecule has 0 saturated carbocycles. The zero-order valence-corrected chi connectivity index (χ0v) is 14.0. The van der Waals surface area contributed by atoms with E-state index in [1.165, 1.54) is 48.2 Å². The number of benzene rings is 2. The van der Waals surface area contributed by atoms with Gasteiger partial charge in [-0.15, -0.1) is 12.4 Å². The molecule has 2 aromatic carbocycles. The van der Waals surface area contributed by atoms with Gasteiger partial charge in [0.1, 0.15) is 12.4 Å². The van der Waals surface area contributed by atoms with E-state index in [4.69, 9.17) is 4.74 Å². The number of likely N-dealkylation sites (tertiary alicyclic amines) is 1. The van der Waals surface area contributed by atoms with E-state index in [1.807, 2.05) is 6.07 Å². The van der Waals surface area contributed by atoms with Crippen LogP contribution in [-0.2, 0) is 6.61 Å². The van der Waals surface area contributed by atoms with Gasteiger partial charge < -0.3 is 4.74 Å². The molecule has 0 aromatic heterocycles. The molecule has 2 nitrogen and oxygen atoms in total. The van der Waals surface area contributed by atoms with Gasteiger partial charge in [0, 0.05) is 12.1 Å². The van der Waals surface area contributed by atoms with Gasteiger partial charge in [-0.1, -0.05) is 48.5 Å². The summed E-state index contributed by atoms with van der Waals surface area (Å²) in [5.74, 6) is 0.992. The van der Waals surface area contributed by atoms with Crippen molar-refractivity contribution in [1.82, 2.24) is 4.90 Å². The normalized spacial score (nSPS) is 18.5. The van der Waals surface area contributed by atoms with Crippen LogP contribution in [0.1, 0.15) is 29.5 Å². The first-order valence-corrected chi connectivity index (χ1v) is 8.15. The van der Waals surface area contributed by atoms with Crippen LogP contribution in [0.2, 0.25) is 0 Å². The van der Waals surface area contributed by atoms with Gasteiger partial charge in [0.2, 0.25) is 0 Å². The van der Waals surface area contributed by atoms with Gasteiger partial charge in [-0.05, 0) is 48.7 Å². The number of ether oxygens (including phenoxy) is 1. The Balaban J connectivity index is 0.00000156. The van der Waals surface area contributed by atoms with Crippen molar-refractivity contribution in [3.05, 3.63) is 71.3 Å². The van der Waals surface area contributed by atoms with Gasteiger partial charge in [-0.3, -0.25) is 4.90 Å². The van der Waals surface area contributed by atoms with Gasteiger partial charge in [0.25, 0.3) is 0 Å². The van der Waals surface area contributed by atoms with Gasteiger partial charge in [-0.2, -0.15) is 0 Å². The number of halogens is 1. The van der Waals surface area contributed by atoms with Gasteiger partial charge >= 0.3 is 0 Å². The molecule has 2 aliphatic heterocycles. The minimum absolute atomic E-state index is 0. The Morgan fingerprint density at radius 3 is 2.43 bits per heavy atom. The summed E-state index contributed by atoms with van der Waals surface area (Å²) in [6.45, 7) is 4.12. The molecule has 2 aliphatic rings. The van der Waals surface area contributed by atoms with Crippen molar-refractivity contribution >= 4 is 18.0 Å². The lowest BCUT2D eigenvalue weighted by Crippen LogP contribution is -2.19. The number of para-hydroxylation sites is 1. The van der Waals surface area contributed by atoms with Crippen molar-refractivity contribution in [1.29, 1.82) is 0 Å². The molecule has 0 spiro atoms. The van der Waals surface area contributed by atoms with Crippen molar-refractivity contribution in [3.8, 4) is 5.75 Å². The molecule has 0 N–H and O–H groups in total. The second-order valence-electron chi connectivity index (χ2n) is 6.07. The van der Waals surface area contributed by atoms with Crippen molar-refractivity contribution in [2.45, 2.75) is 19.4 Å². The lowest BCUT2D eigenvalue weighted by molar-refractivity contribution is 0.307. The summed E-state index contributed by atoms with van der Waals surface area (Å²) in [5, 5.41) is 0. The predicted octanol–water partition coefficient (Wildman–Crippen LogP) is 4.53. The standard InChI is InChI=1S/C20H21NO.ClH/c1-2-8-17-16(7-1)15-22-20-10-4-3-9-19(20)18(17)11-14-21-12-5-6-13-21;/h1-4,7-11H,5-6,12-15H2;1H. The van der Waals surface area contributed by atoms with Crippen molar-refractivity contribution in [2.75, 3.05) is 19.6 Å². The Morgan fingerprint density at radius 2 is 1.61 bits per heavy atom. The maximum Gasteiger partial charge on any atom is 0.127 e. The lowest BCUT2D eigenvalue weighted by Gasteiger charge is -2.15. The average molecular weight is 328 g/mol. The highest BCUT2D eigenvalue weighted by Gasteiger charge is 2.19. The van der Waals surface area contributed by atoms with E-state index in [-0.39, 0.29) is 12.4 Å². The molecule has 0 radical (unpaired) electrons. The Bertz CT molecular complexity index is 655. The van der Waals surface area contributed by atoms with Crippen LogP contribution in [0, 0.1) is 0 Å². The smallest absolute Gasteiger partial charge is 0.127 e. The molecule has 4 rings (SSSR count).